The van der Waals surface area contributed by atoms with Crippen molar-refractivity contribution in [3.8, 4) is 0 Å². The molecule has 9 heteroatoms. The average molecular weight is 615 g/mol. The molecule has 39 heavy (non-hydrogen) atoms. The normalized spacial score (nSPS) is 12.2. The fraction of sp³-hybridized carbons (Fsp3) is 0.333. The van der Waals surface area contributed by atoms with Crippen LogP contribution in [-0.4, -0.2) is 50.0 Å². The first-order valence-corrected chi connectivity index (χ1v) is 15.4. The van der Waals surface area contributed by atoms with Gasteiger partial charge < -0.3 is 10.2 Å². The monoisotopic (exact) mass is 613 g/mol. The Morgan fingerprint density at radius 1 is 0.923 bits per heavy atom. The van der Waals surface area contributed by atoms with Gasteiger partial charge in [0.1, 0.15) is 12.6 Å². The van der Waals surface area contributed by atoms with Crippen LogP contribution in [0.25, 0.3) is 0 Å². The van der Waals surface area contributed by atoms with Gasteiger partial charge >= 0.3 is 0 Å². The maximum Gasteiger partial charge on any atom is 0.244 e. The minimum Gasteiger partial charge on any atom is -0.352 e. The van der Waals surface area contributed by atoms with Gasteiger partial charge in [-0.15, -0.1) is 0 Å². The number of aryl methyl sites for hydroxylation is 2. The molecule has 0 saturated heterocycles. The summed E-state index contributed by atoms with van der Waals surface area (Å²) >= 11 is 3.48. The van der Waals surface area contributed by atoms with E-state index in [1.165, 1.54) is 4.90 Å². The maximum absolute atomic E-state index is 14.1. The first-order chi connectivity index (χ1) is 18.3. The van der Waals surface area contributed by atoms with Crippen LogP contribution in [0.1, 0.15) is 36.1 Å². The van der Waals surface area contributed by atoms with Crippen molar-refractivity contribution >= 4 is 43.5 Å². The second-order valence-electron chi connectivity index (χ2n) is 10.1. The van der Waals surface area contributed by atoms with Crippen LogP contribution in [0.3, 0.4) is 0 Å². The molecule has 0 aliphatic rings. The fourth-order valence-electron chi connectivity index (χ4n) is 4.45. The van der Waals surface area contributed by atoms with Crippen LogP contribution in [0.15, 0.2) is 77.3 Å². The van der Waals surface area contributed by atoms with Gasteiger partial charge in [-0.2, -0.15) is 0 Å². The topological polar surface area (TPSA) is 86.8 Å². The third-order valence-electron chi connectivity index (χ3n) is 6.24. The van der Waals surface area contributed by atoms with E-state index in [9.17, 15) is 18.0 Å². The predicted molar refractivity (Wildman–Crippen MR) is 160 cm³/mol. The molecule has 1 atom stereocenters. The number of amides is 2. The highest BCUT2D eigenvalue weighted by atomic mass is 79.9. The summed E-state index contributed by atoms with van der Waals surface area (Å²) in [5, 5.41) is 2.95. The van der Waals surface area contributed by atoms with Gasteiger partial charge in [0, 0.05) is 23.5 Å². The van der Waals surface area contributed by atoms with E-state index >= 15 is 0 Å². The molecule has 0 aliphatic heterocycles. The van der Waals surface area contributed by atoms with E-state index in [1.54, 1.807) is 6.07 Å². The molecule has 3 aromatic carbocycles. The molecule has 0 bridgehead atoms. The van der Waals surface area contributed by atoms with E-state index in [1.807, 2.05) is 94.4 Å². The van der Waals surface area contributed by atoms with E-state index in [0.29, 0.717) is 5.69 Å². The molecule has 3 aromatic rings. The first-order valence-electron chi connectivity index (χ1n) is 12.8. The van der Waals surface area contributed by atoms with Crippen LogP contribution in [0.5, 0.6) is 0 Å². The van der Waals surface area contributed by atoms with Crippen LogP contribution in [-0.2, 0) is 32.6 Å². The predicted octanol–water partition coefficient (Wildman–Crippen LogP) is 5.00. The molecule has 0 aliphatic carbocycles. The number of nitrogens with zero attached hydrogens (tertiary/aromatic N) is 2. The van der Waals surface area contributed by atoms with Crippen molar-refractivity contribution in [3.05, 3.63) is 99.5 Å². The fourth-order valence-corrected chi connectivity index (χ4v) is 5.80. The van der Waals surface area contributed by atoms with Gasteiger partial charge in [-0.25, -0.2) is 8.42 Å². The maximum atomic E-state index is 14.1. The highest BCUT2D eigenvalue weighted by molar-refractivity contribution is 9.10. The third-order valence-corrected chi connectivity index (χ3v) is 7.86. The van der Waals surface area contributed by atoms with E-state index in [2.05, 4.69) is 21.2 Å². The Morgan fingerprint density at radius 2 is 1.59 bits per heavy atom. The summed E-state index contributed by atoms with van der Waals surface area (Å²) in [6, 6.07) is 21.4. The molecule has 208 valence electrons. The Kier molecular flexibility index (Phi) is 10.3. The zero-order valence-electron chi connectivity index (χ0n) is 23.0. The number of halogens is 1. The smallest absolute Gasteiger partial charge is 0.244 e. The summed E-state index contributed by atoms with van der Waals surface area (Å²) in [4.78, 5) is 29.1. The Labute approximate surface area is 240 Å². The van der Waals surface area contributed by atoms with Gasteiger partial charge in [0.25, 0.3) is 0 Å². The first kappa shape index (κ1) is 30.4. The Balaban J connectivity index is 2.07. The van der Waals surface area contributed by atoms with Crippen LogP contribution >= 0.6 is 15.9 Å². The molecule has 0 spiro atoms. The second kappa shape index (κ2) is 13.3. The molecule has 0 heterocycles. The SMILES string of the molecule is Cc1ccc(N(CC(=O)N(Cc2cccc(Br)c2)[C@H](Cc2ccccc2)C(=O)NC(C)C)S(C)(=O)=O)c(C)c1. The number of hydrogen-bond donors (Lipinski definition) is 1. The number of carbonyl (C=O) groups is 2. The Hall–Kier alpha value is -3.17. The summed E-state index contributed by atoms with van der Waals surface area (Å²) in [6.07, 6.45) is 1.37. The van der Waals surface area contributed by atoms with Gasteiger partial charge in [-0.1, -0.05) is 76.1 Å². The summed E-state index contributed by atoms with van der Waals surface area (Å²) < 4.78 is 27.8. The van der Waals surface area contributed by atoms with Crippen molar-refractivity contribution in [2.75, 3.05) is 17.1 Å². The summed E-state index contributed by atoms with van der Waals surface area (Å²) in [5.41, 5.74) is 3.86. The molecule has 0 saturated carbocycles. The largest absolute Gasteiger partial charge is 0.352 e. The number of hydrogen-bond acceptors (Lipinski definition) is 4. The van der Waals surface area contributed by atoms with Crippen molar-refractivity contribution < 1.29 is 18.0 Å². The summed E-state index contributed by atoms with van der Waals surface area (Å²) in [5.74, 6) is -0.769. The van der Waals surface area contributed by atoms with E-state index in [0.717, 1.165) is 37.3 Å². The zero-order chi connectivity index (χ0) is 28.7. The highest BCUT2D eigenvalue weighted by Crippen LogP contribution is 2.25. The molecule has 0 fully saturated rings. The molecule has 1 N–H and O–H groups in total. The minimum atomic E-state index is -3.81. The standard InChI is InChI=1S/C30H36BrN3O4S/c1-21(2)32-30(36)28(18-24-10-7-6-8-11-24)33(19-25-12-9-13-26(31)17-25)29(35)20-34(39(5,37)38)27-15-14-22(3)16-23(27)4/h6-17,21,28H,18-20H2,1-5H3,(H,32,36)/t28-/m1/s1. The van der Waals surface area contributed by atoms with Crippen molar-refractivity contribution in [1.29, 1.82) is 0 Å². The molecular formula is C30H36BrN3O4S. The number of rotatable bonds is 11. The number of benzene rings is 3. The van der Waals surface area contributed by atoms with Crippen LogP contribution in [0.4, 0.5) is 5.69 Å². The summed E-state index contributed by atoms with van der Waals surface area (Å²) in [6.45, 7) is 7.17. The quantitative estimate of drug-likeness (QED) is 0.330. The van der Waals surface area contributed by atoms with Crippen molar-refractivity contribution in [2.24, 2.45) is 0 Å². The average Bonchev–Trinajstić information content (AvgIpc) is 2.84. The Morgan fingerprint density at radius 3 is 2.18 bits per heavy atom. The molecule has 2 amide bonds. The number of nitrogens with one attached hydrogen (secondary N) is 1. The van der Waals surface area contributed by atoms with E-state index in [4.69, 9.17) is 0 Å². The lowest BCUT2D eigenvalue weighted by Crippen LogP contribution is -2.54. The second-order valence-corrected chi connectivity index (χ2v) is 12.9. The van der Waals surface area contributed by atoms with E-state index < -0.39 is 28.5 Å². The van der Waals surface area contributed by atoms with Crippen molar-refractivity contribution in [3.63, 3.8) is 0 Å². The summed E-state index contributed by atoms with van der Waals surface area (Å²) in [7, 11) is -3.81. The van der Waals surface area contributed by atoms with Gasteiger partial charge in [0.15, 0.2) is 0 Å². The highest BCUT2D eigenvalue weighted by Gasteiger charge is 2.33. The van der Waals surface area contributed by atoms with E-state index in [-0.39, 0.29) is 24.9 Å². The van der Waals surface area contributed by atoms with Gasteiger partial charge in [0.2, 0.25) is 21.8 Å². The van der Waals surface area contributed by atoms with Crippen molar-refractivity contribution in [1.82, 2.24) is 10.2 Å². The molecule has 3 rings (SSSR count). The van der Waals surface area contributed by atoms with Gasteiger partial charge in [0.05, 0.1) is 11.9 Å². The lowest BCUT2D eigenvalue weighted by Gasteiger charge is -2.34. The molecule has 7 nitrogen and oxygen atoms in total. The zero-order valence-corrected chi connectivity index (χ0v) is 25.4. The molecule has 0 unspecified atom stereocenters. The third kappa shape index (κ3) is 8.66. The number of carbonyl (C=O) groups excluding carboxylic acids is 2. The van der Waals surface area contributed by atoms with Crippen LogP contribution in [0.2, 0.25) is 0 Å². The van der Waals surface area contributed by atoms with Crippen LogP contribution in [0, 0.1) is 13.8 Å². The number of anilines is 1. The molecule has 0 aromatic heterocycles. The lowest BCUT2D eigenvalue weighted by atomic mass is 10.0. The van der Waals surface area contributed by atoms with Crippen LogP contribution < -0.4 is 9.62 Å². The van der Waals surface area contributed by atoms with Crippen molar-refractivity contribution in [2.45, 2.75) is 52.7 Å². The number of sulfonamides is 1. The minimum absolute atomic E-state index is 0.131. The van der Waals surface area contributed by atoms with Gasteiger partial charge in [-0.05, 0) is 62.6 Å². The lowest BCUT2D eigenvalue weighted by molar-refractivity contribution is -0.140. The van der Waals surface area contributed by atoms with Gasteiger partial charge in [-0.3, -0.25) is 13.9 Å². The molecular weight excluding hydrogens is 578 g/mol. The Bertz CT molecular complexity index is 1410. The molecule has 0 radical (unpaired) electrons.